The second kappa shape index (κ2) is 6.57. The number of benzene rings is 1. The SMILES string of the molecule is Cc1ccc(C(=O)Nc2ccc(F)c([C@]3(C)CCSC(N)=N3)c2)s1. The number of nitrogens with two attached hydrogens (primary N) is 1. The zero-order valence-corrected chi connectivity index (χ0v) is 15.1. The van der Waals surface area contributed by atoms with Crippen molar-refractivity contribution >= 4 is 39.9 Å². The number of nitrogens with one attached hydrogen (secondary N) is 1. The fourth-order valence-electron chi connectivity index (χ4n) is 2.65. The van der Waals surface area contributed by atoms with E-state index in [0.29, 0.717) is 27.7 Å². The number of rotatable bonds is 3. The molecule has 126 valence electrons. The number of thiophene rings is 1. The Balaban J connectivity index is 1.89. The van der Waals surface area contributed by atoms with E-state index in [0.717, 1.165) is 10.6 Å². The number of hydrogen-bond donors (Lipinski definition) is 2. The maximum atomic E-state index is 14.4. The van der Waals surface area contributed by atoms with Gasteiger partial charge in [-0.1, -0.05) is 11.8 Å². The molecule has 1 aromatic heterocycles. The van der Waals surface area contributed by atoms with Crippen molar-refractivity contribution in [2.75, 3.05) is 11.1 Å². The molecule has 1 aliphatic heterocycles. The minimum atomic E-state index is -0.709. The van der Waals surface area contributed by atoms with Gasteiger partial charge < -0.3 is 11.1 Å². The van der Waals surface area contributed by atoms with Crippen LogP contribution in [-0.4, -0.2) is 16.8 Å². The first kappa shape index (κ1) is 17.0. The van der Waals surface area contributed by atoms with E-state index >= 15 is 0 Å². The monoisotopic (exact) mass is 363 g/mol. The second-order valence-corrected chi connectivity index (χ2v) is 8.28. The standard InChI is InChI=1S/C17H18FN3OS2/c1-10-3-6-14(24-10)15(22)20-11-4-5-13(18)12(9-11)17(2)7-8-23-16(19)21-17/h3-6,9H,7-8H2,1-2H3,(H2,19,21)(H,20,22)/t17-/m0/s1. The third-order valence-corrected chi connectivity index (χ3v) is 5.76. The van der Waals surface area contributed by atoms with Crippen LogP contribution in [0, 0.1) is 12.7 Å². The Morgan fingerprint density at radius 3 is 2.83 bits per heavy atom. The maximum Gasteiger partial charge on any atom is 0.265 e. The molecule has 4 nitrogen and oxygen atoms in total. The molecule has 3 N–H and O–H groups in total. The quantitative estimate of drug-likeness (QED) is 0.862. The summed E-state index contributed by atoms with van der Waals surface area (Å²) in [4.78, 5) is 18.4. The van der Waals surface area contributed by atoms with Gasteiger partial charge in [-0.25, -0.2) is 4.39 Å². The Morgan fingerprint density at radius 2 is 2.17 bits per heavy atom. The number of carbonyl (C=O) groups is 1. The minimum absolute atomic E-state index is 0.196. The molecule has 0 spiro atoms. The van der Waals surface area contributed by atoms with Gasteiger partial charge in [-0.05, 0) is 50.6 Å². The molecule has 0 saturated heterocycles. The van der Waals surface area contributed by atoms with Crippen LogP contribution in [-0.2, 0) is 5.54 Å². The lowest BCUT2D eigenvalue weighted by molar-refractivity contribution is 0.103. The molecule has 7 heteroatoms. The van der Waals surface area contributed by atoms with Crippen LogP contribution in [0.5, 0.6) is 0 Å². The number of halogens is 1. The summed E-state index contributed by atoms with van der Waals surface area (Å²) < 4.78 is 14.4. The molecule has 2 heterocycles. The Hall–Kier alpha value is -1.86. The largest absolute Gasteiger partial charge is 0.379 e. The van der Waals surface area contributed by atoms with Crippen molar-refractivity contribution in [2.24, 2.45) is 10.7 Å². The Morgan fingerprint density at radius 1 is 1.38 bits per heavy atom. The summed E-state index contributed by atoms with van der Waals surface area (Å²) in [7, 11) is 0. The summed E-state index contributed by atoms with van der Waals surface area (Å²) in [6.45, 7) is 3.81. The molecular weight excluding hydrogens is 345 g/mol. The summed E-state index contributed by atoms with van der Waals surface area (Å²) in [6.07, 6.45) is 0.691. The van der Waals surface area contributed by atoms with Crippen molar-refractivity contribution in [3.05, 3.63) is 51.5 Å². The van der Waals surface area contributed by atoms with E-state index < -0.39 is 5.54 Å². The lowest BCUT2D eigenvalue weighted by atomic mass is 9.89. The Labute approximate surface area is 148 Å². The van der Waals surface area contributed by atoms with Crippen molar-refractivity contribution in [3.8, 4) is 0 Å². The Kier molecular flexibility index (Phi) is 4.64. The third kappa shape index (κ3) is 3.47. The Bertz CT molecular complexity index is 818. The average Bonchev–Trinajstić information content (AvgIpc) is 2.95. The number of hydrogen-bond acceptors (Lipinski definition) is 5. The highest BCUT2D eigenvalue weighted by molar-refractivity contribution is 8.13. The van der Waals surface area contributed by atoms with Gasteiger partial charge >= 0.3 is 0 Å². The van der Waals surface area contributed by atoms with Gasteiger partial charge in [0.1, 0.15) is 5.82 Å². The van der Waals surface area contributed by atoms with Crippen LogP contribution in [0.4, 0.5) is 10.1 Å². The van der Waals surface area contributed by atoms with E-state index in [2.05, 4.69) is 10.3 Å². The van der Waals surface area contributed by atoms with Crippen molar-refractivity contribution in [2.45, 2.75) is 25.8 Å². The van der Waals surface area contributed by atoms with Gasteiger partial charge in [0.25, 0.3) is 5.91 Å². The van der Waals surface area contributed by atoms with Gasteiger partial charge in [0.15, 0.2) is 5.17 Å². The van der Waals surface area contributed by atoms with E-state index in [4.69, 9.17) is 5.73 Å². The number of aryl methyl sites for hydroxylation is 1. The molecule has 0 saturated carbocycles. The van der Waals surface area contributed by atoms with Gasteiger partial charge in [0.2, 0.25) is 0 Å². The van der Waals surface area contributed by atoms with E-state index in [9.17, 15) is 9.18 Å². The van der Waals surface area contributed by atoms with Crippen LogP contribution in [0.2, 0.25) is 0 Å². The number of amides is 1. The summed E-state index contributed by atoms with van der Waals surface area (Å²) in [5.41, 5.74) is 6.11. The van der Waals surface area contributed by atoms with Crippen molar-refractivity contribution in [1.29, 1.82) is 0 Å². The first-order valence-electron chi connectivity index (χ1n) is 7.53. The first-order valence-corrected chi connectivity index (χ1v) is 9.33. The first-order chi connectivity index (χ1) is 11.4. The normalized spacial score (nSPS) is 20.5. The van der Waals surface area contributed by atoms with Crippen molar-refractivity contribution in [1.82, 2.24) is 0 Å². The average molecular weight is 363 g/mol. The van der Waals surface area contributed by atoms with Gasteiger partial charge in [0, 0.05) is 21.9 Å². The molecule has 0 unspecified atom stereocenters. The summed E-state index contributed by atoms with van der Waals surface area (Å²) in [5.74, 6) is 0.250. The molecule has 1 amide bonds. The second-order valence-electron chi connectivity index (χ2n) is 5.88. The molecule has 0 bridgehead atoms. The zero-order chi connectivity index (χ0) is 17.3. The summed E-state index contributed by atoms with van der Waals surface area (Å²) in [6, 6.07) is 8.26. The fraction of sp³-hybridized carbons (Fsp3) is 0.294. The van der Waals surface area contributed by atoms with E-state index in [1.165, 1.54) is 29.2 Å². The summed E-state index contributed by atoms with van der Waals surface area (Å²) >= 11 is 2.90. The third-order valence-electron chi connectivity index (χ3n) is 3.96. The van der Waals surface area contributed by atoms with Crippen molar-refractivity contribution < 1.29 is 9.18 Å². The molecular formula is C17H18FN3OS2. The highest BCUT2D eigenvalue weighted by Gasteiger charge is 2.32. The maximum absolute atomic E-state index is 14.4. The number of amidine groups is 1. The predicted octanol–water partition coefficient (Wildman–Crippen LogP) is 4.11. The highest BCUT2D eigenvalue weighted by Crippen LogP contribution is 2.37. The molecule has 0 aliphatic carbocycles. The number of nitrogens with zero attached hydrogens (tertiary/aromatic N) is 1. The highest BCUT2D eigenvalue weighted by atomic mass is 32.2. The smallest absolute Gasteiger partial charge is 0.265 e. The van der Waals surface area contributed by atoms with Gasteiger partial charge in [-0.2, -0.15) is 0 Å². The molecule has 1 aliphatic rings. The molecule has 2 aromatic rings. The molecule has 0 fully saturated rings. The van der Waals surface area contributed by atoms with Crippen LogP contribution in [0.3, 0.4) is 0 Å². The molecule has 1 aromatic carbocycles. The minimum Gasteiger partial charge on any atom is -0.379 e. The molecule has 0 radical (unpaired) electrons. The predicted molar refractivity (Wildman–Crippen MR) is 99.5 cm³/mol. The number of anilines is 1. The van der Waals surface area contributed by atoms with Gasteiger partial charge in [-0.15, -0.1) is 11.3 Å². The topological polar surface area (TPSA) is 67.5 Å². The van der Waals surface area contributed by atoms with Crippen molar-refractivity contribution in [3.63, 3.8) is 0 Å². The fourth-order valence-corrected chi connectivity index (χ4v) is 4.38. The van der Waals surface area contributed by atoms with Crippen LogP contribution in [0.15, 0.2) is 35.3 Å². The van der Waals surface area contributed by atoms with Crippen LogP contribution in [0.25, 0.3) is 0 Å². The van der Waals surface area contributed by atoms with E-state index in [-0.39, 0.29) is 11.7 Å². The lowest BCUT2D eigenvalue weighted by Gasteiger charge is -2.30. The molecule has 1 atom stereocenters. The van der Waals surface area contributed by atoms with Crippen LogP contribution in [0.1, 0.15) is 33.5 Å². The number of thioether (sulfide) groups is 1. The zero-order valence-electron chi connectivity index (χ0n) is 13.4. The molecule has 3 rings (SSSR count). The number of carbonyl (C=O) groups excluding carboxylic acids is 1. The number of aliphatic imine (C=N–C) groups is 1. The summed E-state index contributed by atoms with van der Waals surface area (Å²) in [5, 5.41) is 3.29. The van der Waals surface area contributed by atoms with Gasteiger partial charge in [0.05, 0.1) is 10.4 Å². The lowest BCUT2D eigenvalue weighted by Crippen LogP contribution is -2.29. The van der Waals surface area contributed by atoms with Crippen LogP contribution < -0.4 is 11.1 Å². The van der Waals surface area contributed by atoms with Gasteiger partial charge in [-0.3, -0.25) is 9.79 Å². The molecule has 24 heavy (non-hydrogen) atoms. The van der Waals surface area contributed by atoms with Crippen LogP contribution >= 0.6 is 23.1 Å². The van der Waals surface area contributed by atoms with E-state index in [1.54, 1.807) is 18.2 Å². The van der Waals surface area contributed by atoms with E-state index in [1.807, 2.05) is 19.9 Å².